The van der Waals surface area contributed by atoms with Gasteiger partial charge in [-0.3, -0.25) is 14.4 Å². The SMILES string of the molecule is CC(C)[Si](OC(=O)CCC[C@@H]1C[C@H]1[C@@H](NP(=O)(c1ccccc1)c1ccccc1)c1ccccc1)(C(C)C)C(C)C. The third-order valence-electron chi connectivity index (χ3n) is 9.08. The van der Waals surface area contributed by atoms with E-state index >= 15 is 0 Å². The Bertz CT molecular complexity index is 1230. The van der Waals surface area contributed by atoms with E-state index in [0.717, 1.165) is 35.4 Å². The molecule has 41 heavy (non-hydrogen) atoms. The minimum atomic E-state index is -3.10. The fourth-order valence-electron chi connectivity index (χ4n) is 6.97. The van der Waals surface area contributed by atoms with Crippen LogP contribution in [-0.2, 0) is 13.8 Å². The van der Waals surface area contributed by atoms with Gasteiger partial charge in [-0.1, -0.05) is 108 Å². The third kappa shape index (κ3) is 7.13. The second-order valence-corrected chi connectivity index (χ2v) is 20.5. The molecule has 0 aliphatic heterocycles. The average Bonchev–Trinajstić information content (AvgIpc) is 3.74. The van der Waals surface area contributed by atoms with Gasteiger partial charge in [-0.2, -0.15) is 0 Å². The van der Waals surface area contributed by atoms with Gasteiger partial charge in [-0.25, -0.2) is 0 Å². The molecule has 220 valence electrons. The van der Waals surface area contributed by atoms with Crippen LogP contribution in [0, 0.1) is 11.8 Å². The topological polar surface area (TPSA) is 55.4 Å². The molecule has 0 aromatic heterocycles. The van der Waals surface area contributed by atoms with E-state index in [9.17, 15) is 9.36 Å². The van der Waals surface area contributed by atoms with Crippen LogP contribution in [-0.4, -0.2) is 14.3 Å². The smallest absolute Gasteiger partial charge is 0.292 e. The van der Waals surface area contributed by atoms with Gasteiger partial charge in [0.2, 0.25) is 7.29 Å². The Morgan fingerprint density at radius 2 is 1.27 bits per heavy atom. The van der Waals surface area contributed by atoms with Gasteiger partial charge >= 0.3 is 0 Å². The molecule has 0 unspecified atom stereocenters. The van der Waals surface area contributed by atoms with Crippen molar-refractivity contribution in [3.8, 4) is 0 Å². The van der Waals surface area contributed by atoms with Gasteiger partial charge in [-0.15, -0.1) is 0 Å². The van der Waals surface area contributed by atoms with Crippen molar-refractivity contribution < 1.29 is 13.8 Å². The number of nitrogens with one attached hydrogen (secondary N) is 1. The van der Waals surface area contributed by atoms with E-state index in [0.29, 0.717) is 34.9 Å². The summed E-state index contributed by atoms with van der Waals surface area (Å²) in [5, 5.41) is 5.35. The molecule has 0 amide bonds. The molecule has 6 heteroatoms. The molecule has 0 heterocycles. The van der Waals surface area contributed by atoms with Crippen LogP contribution in [0.4, 0.5) is 0 Å². The number of rotatable bonds is 14. The van der Waals surface area contributed by atoms with Crippen molar-refractivity contribution in [3.63, 3.8) is 0 Å². The van der Waals surface area contributed by atoms with Crippen molar-refractivity contribution in [2.24, 2.45) is 11.8 Å². The van der Waals surface area contributed by atoms with Crippen LogP contribution in [0.25, 0.3) is 0 Å². The zero-order valence-electron chi connectivity index (χ0n) is 25.6. The molecule has 1 N–H and O–H groups in total. The molecule has 0 bridgehead atoms. The molecule has 4 rings (SSSR count). The molecule has 4 nitrogen and oxygen atoms in total. The number of carbonyl (C=O) groups is 1. The maximum atomic E-state index is 14.9. The molecule has 0 spiro atoms. The summed E-state index contributed by atoms with van der Waals surface area (Å²) in [6, 6.07) is 30.0. The predicted molar refractivity (Wildman–Crippen MR) is 175 cm³/mol. The van der Waals surface area contributed by atoms with E-state index in [2.05, 4.69) is 70.9 Å². The Kier molecular flexibility index (Phi) is 10.5. The Morgan fingerprint density at radius 1 is 0.805 bits per heavy atom. The molecule has 3 aromatic carbocycles. The van der Waals surface area contributed by atoms with Gasteiger partial charge in [0.15, 0.2) is 0 Å². The van der Waals surface area contributed by atoms with E-state index < -0.39 is 15.6 Å². The number of carbonyl (C=O) groups excluding carboxylic acids is 1. The first-order valence-corrected chi connectivity index (χ1v) is 19.2. The predicted octanol–water partition coefficient (Wildman–Crippen LogP) is 8.77. The Balaban J connectivity index is 1.48. The van der Waals surface area contributed by atoms with E-state index in [1.165, 1.54) is 0 Å². The highest BCUT2D eigenvalue weighted by atomic mass is 31.2. The molecule has 3 atom stereocenters. The summed E-state index contributed by atoms with van der Waals surface area (Å²) in [7, 11) is -5.31. The van der Waals surface area contributed by atoms with Gasteiger partial charge in [0.05, 0.1) is 0 Å². The summed E-state index contributed by atoms with van der Waals surface area (Å²) >= 11 is 0. The normalized spacial score (nSPS) is 18.1. The summed E-state index contributed by atoms with van der Waals surface area (Å²) in [5.74, 6) is 0.827. The first-order valence-electron chi connectivity index (χ1n) is 15.4. The van der Waals surface area contributed by atoms with Crippen molar-refractivity contribution in [1.29, 1.82) is 0 Å². The van der Waals surface area contributed by atoms with Crippen LogP contribution in [0.5, 0.6) is 0 Å². The Labute approximate surface area is 248 Å². The van der Waals surface area contributed by atoms with Crippen molar-refractivity contribution in [2.75, 3.05) is 0 Å². The molecular weight excluding hydrogens is 541 g/mol. The monoisotopic (exact) mass is 589 g/mol. The van der Waals surface area contributed by atoms with Crippen LogP contribution in [0.1, 0.15) is 78.8 Å². The quantitative estimate of drug-likeness (QED) is 0.151. The van der Waals surface area contributed by atoms with Crippen molar-refractivity contribution >= 4 is 32.2 Å². The summed E-state index contributed by atoms with van der Waals surface area (Å²) in [4.78, 5) is 13.1. The fraction of sp³-hybridized carbons (Fsp3) is 0.457. The summed E-state index contributed by atoms with van der Waals surface area (Å²) in [5.41, 5.74) is 2.33. The van der Waals surface area contributed by atoms with Crippen LogP contribution < -0.4 is 15.7 Å². The lowest BCUT2D eigenvalue weighted by molar-refractivity contribution is -0.135. The first kappa shape index (κ1) is 31.5. The van der Waals surface area contributed by atoms with Crippen molar-refractivity contribution in [2.45, 2.75) is 89.9 Å². The minimum Gasteiger partial charge on any atom is -0.518 e. The zero-order valence-corrected chi connectivity index (χ0v) is 27.5. The highest BCUT2D eigenvalue weighted by Gasteiger charge is 2.48. The van der Waals surface area contributed by atoms with E-state index in [1.54, 1.807) is 0 Å². The number of hydrogen-bond acceptors (Lipinski definition) is 3. The lowest BCUT2D eigenvalue weighted by Gasteiger charge is -2.41. The molecule has 1 saturated carbocycles. The molecule has 0 saturated heterocycles. The van der Waals surface area contributed by atoms with Crippen molar-refractivity contribution in [3.05, 3.63) is 96.6 Å². The second kappa shape index (κ2) is 13.7. The number of hydrogen-bond donors (Lipinski definition) is 1. The van der Waals surface area contributed by atoms with E-state index in [-0.39, 0.29) is 12.0 Å². The summed E-state index contributed by atoms with van der Waals surface area (Å²) < 4.78 is 21.3. The highest BCUT2D eigenvalue weighted by Crippen LogP contribution is 2.54. The lowest BCUT2D eigenvalue weighted by atomic mass is 10.0. The van der Waals surface area contributed by atoms with Gasteiger partial charge in [0.1, 0.15) is 0 Å². The van der Waals surface area contributed by atoms with Gasteiger partial charge < -0.3 is 4.43 Å². The lowest BCUT2D eigenvalue weighted by Crippen LogP contribution is -2.49. The van der Waals surface area contributed by atoms with E-state index in [4.69, 9.17) is 4.43 Å². The average molecular weight is 590 g/mol. The first-order chi connectivity index (χ1) is 19.6. The minimum absolute atomic E-state index is 0.0274. The van der Waals surface area contributed by atoms with Crippen LogP contribution in [0.2, 0.25) is 16.6 Å². The van der Waals surface area contributed by atoms with Gasteiger partial charge in [0, 0.05) is 23.1 Å². The second-order valence-electron chi connectivity index (χ2n) is 12.6. The van der Waals surface area contributed by atoms with Crippen LogP contribution in [0.3, 0.4) is 0 Å². The molecule has 1 fully saturated rings. The fourth-order valence-corrected chi connectivity index (χ4v) is 14.7. The van der Waals surface area contributed by atoms with E-state index in [1.807, 2.05) is 66.7 Å². The summed E-state index contributed by atoms with van der Waals surface area (Å²) in [6.45, 7) is 13.3. The van der Waals surface area contributed by atoms with Gasteiger partial charge in [0.25, 0.3) is 14.3 Å². The number of benzene rings is 3. The maximum Gasteiger partial charge on any atom is 0.292 e. The maximum absolute atomic E-state index is 14.9. The standard InChI is InChI=1S/C35H48NO3PSi/c1-26(2)41(27(3)4,28(5)6)39-34(37)24-16-19-30-25-33(30)35(29-17-10-7-11-18-29)36-40(38,31-20-12-8-13-21-31)32-22-14-9-15-23-32/h7-15,17-18,20-23,26-28,30,33,35H,16,19,24-25H2,1-6H3,(H,36,38)/t30-,33-,35+/m1/s1. The van der Waals surface area contributed by atoms with Crippen LogP contribution >= 0.6 is 7.29 Å². The van der Waals surface area contributed by atoms with Crippen molar-refractivity contribution in [1.82, 2.24) is 5.09 Å². The molecular formula is C35H48NO3PSi. The summed E-state index contributed by atoms with van der Waals surface area (Å²) in [6.07, 6.45) is 3.34. The Morgan fingerprint density at radius 3 is 1.73 bits per heavy atom. The molecule has 1 aliphatic rings. The third-order valence-corrected chi connectivity index (χ3v) is 17.8. The molecule has 3 aromatic rings. The van der Waals surface area contributed by atoms with Gasteiger partial charge in [-0.05, 0) is 77.6 Å². The Hall–Kier alpha value is -2.46. The zero-order chi connectivity index (χ0) is 29.6. The van der Waals surface area contributed by atoms with Crippen LogP contribution in [0.15, 0.2) is 91.0 Å². The molecule has 0 radical (unpaired) electrons. The highest BCUT2D eigenvalue weighted by molar-refractivity contribution is 7.76. The largest absolute Gasteiger partial charge is 0.518 e. The molecule has 1 aliphatic carbocycles.